The van der Waals surface area contributed by atoms with Crippen molar-refractivity contribution >= 4 is 5.91 Å². The number of nitrogens with one attached hydrogen (secondary N) is 1. The molecule has 1 heterocycles. The van der Waals surface area contributed by atoms with E-state index in [9.17, 15) is 4.79 Å². The Morgan fingerprint density at radius 1 is 1.14 bits per heavy atom. The number of hydrogen-bond donors (Lipinski definition) is 1. The average molecular weight is 296 g/mol. The van der Waals surface area contributed by atoms with Crippen LogP contribution >= 0.6 is 0 Å². The fraction of sp³-hybridized carbons (Fsp3) is 0.368. The molecule has 0 fully saturated rings. The van der Waals surface area contributed by atoms with Gasteiger partial charge in [-0.3, -0.25) is 9.78 Å². The number of nitrogens with zero attached hydrogens (tertiary/aromatic N) is 1. The topological polar surface area (TPSA) is 42.0 Å². The smallest absolute Gasteiger partial charge is 0.220 e. The van der Waals surface area contributed by atoms with Crippen LogP contribution in [0.4, 0.5) is 0 Å². The van der Waals surface area contributed by atoms with Gasteiger partial charge in [-0.05, 0) is 31.0 Å². The van der Waals surface area contributed by atoms with Gasteiger partial charge in [0.2, 0.25) is 5.91 Å². The lowest BCUT2D eigenvalue weighted by atomic mass is 9.78. The summed E-state index contributed by atoms with van der Waals surface area (Å²) < 4.78 is 0. The van der Waals surface area contributed by atoms with Crippen molar-refractivity contribution in [3.63, 3.8) is 0 Å². The Labute approximate surface area is 132 Å². The van der Waals surface area contributed by atoms with E-state index in [1.54, 1.807) is 6.20 Å². The van der Waals surface area contributed by atoms with Gasteiger partial charge >= 0.3 is 0 Å². The minimum atomic E-state index is -0.109. The van der Waals surface area contributed by atoms with Crippen molar-refractivity contribution in [2.24, 2.45) is 0 Å². The Hall–Kier alpha value is -2.16. The van der Waals surface area contributed by atoms with Gasteiger partial charge in [0.15, 0.2) is 0 Å². The lowest BCUT2D eigenvalue weighted by molar-refractivity contribution is -0.122. The number of rotatable bonds is 6. The van der Waals surface area contributed by atoms with Crippen LogP contribution in [0.5, 0.6) is 0 Å². The third kappa shape index (κ3) is 4.17. The van der Waals surface area contributed by atoms with Gasteiger partial charge < -0.3 is 5.32 Å². The minimum absolute atomic E-state index is 0.0612. The van der Waals surface area contributed by atoms with Gasteiger partial charge in [0, 0.05) is 29.8 Å². The van der Waals surface area contributed by atoms with Gasteiger partial charge in [-0.15, -0.1) is 0 Å². The molecule has 0 aliphatic carbocycles. The molecule has 0 bridgehead atoms. The maximum absolute atomic E-state index is 12.2. The lowest BCUT2D eigenvalue weighted by Gasteiger charge is -2.33. The molecule has 0 spiro atoms. The summed E-state index contributed by atoms with van der Waals surface area (Å²) in [6, 6.07) is 16.1. The highest BCUT2D eigenvalue weighted by molar-refractivity contribution is 5.76. The van der Waals surface area contributed by atoms with E-state index < -0.39 is 0 Å². The summed E-state index contributed by atoms with van der Waals surface area (Å²) in [6.45, 7) is 6.38. The van der Waals surface area contributed by atoms with Crippen LogP contribution in [-0.2, 0) is 16.6 Å². The number of carbonyl (C=O) groups excluding carboxylic acids is 1. The molecular weight excluding hydrogens is 272 g/mol. The highest BCUT2D eigenvalue weighted by atomic mass is 16.1. The third-order valence-corrected chi connectivity index (χ3v) is 4.31. The van der Waals surface area contributed by atoms with Crippen molar-refractivity contribution in [1.29, 1.82) is 0 Å². The van der Waals surface area contributed by atoms with Gasteiger partial charge in [0.1, 0.15) is 0 Å². The van der Waals surface area contributed by atoms with Crippen molar-refractivity contribution in [3.8, 4) is 0 Å². The van der Waals surface area contributed by atoms with Crippen molar-refractivity contribution in [2.75, 3.05) is 0 Å². The van der Waals surface area contributed by atoms with E-state index in [0.29, 0.717) is 12.8 Å². The second-order valence-corrected chi connectivity index (χ2v) is 6.20. The summed E-state index contributed by atoms with van der Waals surface area (Å²) in [5.74, 6) is 0.0714. The Morgan fingerprint density at radius 3 is 2.45 bits per heavy atom. The van der Waals surface area contributed by atoms with Crippen LogP contribution in [0.3, 0.4) is 0 Å². The van der Waals surface area contributed by atoms with Gasteiger partial charge in [-0.1, -0.05) is 50.2 Å². The quantitative estimate of drug-likeness (QED) is 0.886. The molecule has 3 nitrogen and oxygen atoms in total. The lowest BCUT2D eigenvalue weighted by Crippen LogP contribution is -2.45. The van der Waals surface area contributed by atoms with Crippen LogP contribution in [0.2, 0.25) is 0 Å². The summed E-state index contributed by atoms with van der Waals surface area (Å²) in [5.41, 5.74) is 2.07. The molecule has 3 heteroatoms. The van der Waals surface area contributed by atoms with Gasteiger partial charge in [0.05, 0.1) is 0 Å². The molecule has 1 amide bonds. The molecule has 1 N–H and O–H groups in total. The maximum Gasteiger partial charge on any atom is 0.220 e. The van der Waals surface area contributed by atoms with E-state index in [4.69, 9.17) is 0 Å². The van der Waals surface area contributed by atoms with Crippen LogP contribution in [-0.4, -0.2) is 16.9 Å². The van der Waals surface area contributed by atoms with Crippen molar-refractivity contribution in [2.45, 2.75) is 45.1 Å². The van der Waals surface area contributed by atoms with E-state index in [0.717, 1.165) is 5.69 Å². The second kappa shape index (κ2) is 7.21. The first-order chi connectivity index (χ1) is 10.5. The normalized spacial score (nSPS) is 12.7. The van der Waals surface area contributed by atoms with Crippen LogP contribution in [0.1, 0.15) is 38.4 Å². The first kappa shape index (κ1) is 16.2. The molecule has 2 rings (SSSR count). The molecule has 1 aromatic carbocycles. The molecule has 1 aromatic heterocycles. The molecule has 22 heavy (non-hydrogen) atoms. The van der Waals surface area contributed by atoms with E-state index in [1.165, 1.54) is 5.56 Å². The van der Waals surface area contributed by atoms with Crippen LogP contribution < -0.4 is 5.32 Å². The molecule has 0 saturated heterocycles. The van der Waals surface area contributed by atoms with Crippen molar-refractivity contribution in [3.05, 3.63) is 66.0 Å². The summed E-state index contributed by atoms with van der Waals surface area (Å²) in [4.78, 5) is 16.4. The molecule has 0 aliphatic heterocycles. The standard InChI is InChI=1S/C19H24N2O/c1-15(19(2,3)16-9-5-4-6-10-16)21-18(22)13-12-17-11-7-8-14-20-17/h4-11,14-15H,12-13H2,1-3H3,(H,21,22)/t15-/m0/s1. The predicted molar refractivity (Wildman–Crippen MR) is 89.6 cm³/mol. The molecule has 0 unspecified atom stereocenters. The Balaban J connectivity index is 1.91. The number of amides is 1. The van der Waals surface area contributed by atoms with Crippen LogP contribution in [0.25, 0.3) is 0 Å². The highest BCUT2D eigenvalue weighted by Gasteiger charge is 2.28. The number of aryl methyl sites for hydroxylation is 1. The monoisotopic (exact) mass is 296 g/mol. The van der Waals surface area contributed by atoms with E-state index in [-0.39, 0.29) is 17.4 Å². The van der Waals surface area contributed by atoms with Gasteiger partial charge in [-0.2, -0.15) is 0 Å². The minimum Gasteiger partial charge on any atom is -0.353 e. The Morgan fingerprint density at radius 2 is 1.82 bits per heavy atom. The molecule has 0 radical (unpaired) electrons. The third-order valence-electron chi connectivity index (χ3n) is 4.31. The highest BCUT2D eigenvalue weighted by Crippen LogP contribution is 2.26. The molecule has 0 saturated carbocycles. The predicted octanol–water partition coefficient (Wildman–Crippen LogP) is 3.50. The Kier molecular flexibility index (Phi) is 5.31. The summed E-state index contributed by atoms with van der Waals surface area (Å²) >= 11 is 0. The fourth-order valence-corrected chi connectivity index (χ4v) is 2.40. The molecule has 116 valence electrons. The zero-order chi connectivity index (χ0) is 16.0. The SMILES string of the molecule is C[C@H](NC(=O)CCc1ccccn1)C(C)(C)c1ccccc1. The summed E-state index contributed by atoms with van der Waals surface area (Å²) in [6.07, 6.45) is 2.89. The summed E-state index contributed by atoms with van der Waals surface area (Å²) in [7, 11) is 0. The summed E-state index contributed by atoms with van der Waals surface area (Å²) in [5, 5.41) is 3.12. The molecule has 2 aromatic rings. The first-order valence-corrected chi connectivity index (χ1v) is 7.75. The molecular formula is C19H24N2O. The second-order valence-electron chi connectivity index (χ2n) is 6.20. The van der Waals surface area contributed by atoms with E-state index in [1.807, 2.05) is 36.4 Å². The van der Waals surface area contributed by atoms with Crippen LogP contribution in [0.15, 0.2) is 54.7 Å². The maximum atomic E-state index is 12.2. The van der Waals surface area contributed by atoms with Crippen molar-refractivity contribution in [1.82, 2.24) is 10.3 Å². The van der Waals surface area contributed by atoms with E-state index in [2.05, 4.69) is 43.2 Å². The number of aromatic nitrogens is 1. The van der Waals surface area contributed by atoms with Crippen molar-refractivity contribution < 1.29 is 4.79 Å². The number of carbonyl (C=O) groups is 1. The molecule has 1 atom stereocenters. The largest absolute Gasteiger partial charge is 0.353 e. The zero-order valence-corrected chi connectivity index (χ0v) is 13.5. The molecule has 0 aliphatic rings. The fourth-order valence-electron chi connectivity index (χ4n) is 2.40. The Bertz CT molecular complexity index is 593. The van der Waals surface area contributed by atoms with Gasteiger partial charge in [-0.25, -0.2) is 0 Å². The number of benzene rings is 1. The number of hydrogen-bond acceptors (Lipinski definition) is 2. The zero-order valence-electron chi connectivity index (χ0n) is 13.5. The van der Waals surface area contributed by atoms with E-state index >= 15 is 0 Å². The number of pyridine rings is 1. The first-order valence-electron chi connectivity index (χ1n) is 7.75. The van der Waals surface area contributed by atoms with Gasteiger partial charge in [0.25, 0.3) is 0 Å². The van der Waals surface area contributed by atoms with Crippen LogP contribution in [0, 0.1) is 0 Å². The average Bonchev–Trinajstić information content (AvgIpc) is 2.54.